The van der Waals surface area contributed by atoms with Gasteiger partial charge in [-0.05, 0) is 128 Å². The number of rotatable bonds is 75. The Hall–Kier alpha value is -1.86. The van der Waals surface area contributed by atoms with Gasteiger partial charge in [0.05, 0.1) is 40.9 Å². The van der Waals surface area contributed by atoms with Crippen molar-refractivity contribution in [2.75, 3.05) is 73.9 Å². The molecule has 570 valence electrons. The van der Waals surface area contributed by atoms with E-state index in [-0.39, 0.29) is 51.1 Å². The smallest absolute Gasteiger partial charge is 0.306 e. The van der Waals surface area contributed by atoms with Crippen molar-refractivity contribution in [3.63, 3.8) is 0 Å². The average molecular weight is 1400 g/mol. The molecule has 12 nitrogen and oxygen atoms in total. The first-order valence-corrected chi connectivity index (χ1v) is 42.1. The Kier molecular flexibility index (Phi) is 82.4. The van der Waals surface area contributed by atoms with Crippen molar-refractivity contribution in [3.8, 4) is 0 Å². The molecule has 0 heterocycles. The zero-order chi connectivity index (χ0) is 69.8. The number of hydrogen-bond acceptors (Lipinski definition) is 10. The van der Waals surface area contributed by atoms with E-state index < -0.39 is 32.5 Å². The molecule has 14 heteroatoms. The molecule has 0 bridgehead atoms. The van der Waals surface area contributed by atoms with E-state index in [1.807, 2.05) is 0 Å². The summed E-state index contributed by atoms with van der Waals surface area (Å²) >= 11 is 0. The van der Waals surface area contributed by atoms with Gasteiger partial charge in [-0.15, -0.1) is 0 Å². The summed E-state index contributed by atoms with van der Waals surface area (Å²) in [6.07, 6.45) is 85.2. The number of phosphoric ester groups is 1. The quantitative estimate of drug-likeness (QED) is 0.0204. The fraction of sp³-hybridized carbons (Fsp3) is 0.878. The highest BCUT2D eigenvalue weighted by molar-refractivity contribution is 7.45. The lowest BCUT2D eigenvalue weighted by Gasteiger charge is -2.29. The summed E-state index contributed by atoms with van der Waals surface area (Å²) in [5.74, 6) is -0.863. The SMILES string of the molecule is CCCCCCC/C=C\CCCCCCCCOC(COCCCCCCCC/C=C\CCCCCCCC)C[N+](C)(C)C.CCCCCCCC/C=C\CCCCCCCC(=O)OCC(COP(=O)([O-])OCC[NH3+])OC(=O)CCCCCCC/C=C\CCCCCCCC.[Cl-]. The van der Waals surface area contributed by atoms with Crippen molar-refractivity contribution >= 4 is 19.8 Å². The van der Waals surface area contributed by atoms with Crippen molar-refractivity contribution in [3.05, 3.63) is 48.6 Å². The third-order valence-corrected chi connectivity index (χ3v) is 18.4. The minimum Gasteiger partial charge on any atom is -1.00 e. The lowest BCUT2D eigenvalue weighted by Crippen LogP contribution is -3.00. The Morgan fingerprint density at radius 2 is 0.677 bits per heavy atom. The van der Waals surface area contributed by atoms with Gasteiger partial charge in [-0.25, -0.2) is 0 Å². The number of allylic oxidation sites excluding steroid dienone is 8. The second kappa shape index (κ2) is 80.5. The van der Waals surface area contributed by atoms with E-state index >= 15 is 0 Å². The summed E-state index contributed by atoms with van der Waals surface area (Å²) in [6, 6.07) is 0. The van der Waals surface area contributed by atoms with Gasteiger partial charge in [0.2, 0.25) is 0 Å². The van der Waals surface area contributed by atoms with Crippen molar-refractivity contribution in [2.45, 2.75) is 393 Å². The van der Waals surface area contributed by atoms with Crippen LogP contribution in [0.5, 0.6) is 0 Å². The Bertz CT molecular complexity index is 1740. The molecule has 96 heavy (non-hydrogen) atoms. The number of halogens is 1. The highest BCUT2D eigenvalue weighted by Crippen LogP contribution is 2.38. The first kappa shape index (κ1) is 98.3. The van der Waals surface area contributed by atoms with Gasteiger partial charge < -0.3 is 55.5 Å². The van der Waals surface area contributed by atoms with Gasteiger partial charge in [0.25, 0.3) is 7.82 Å². The minimum absolute atomic E-state index is 0. The number of carbonyl (C=O) groups excluding carboxylic acids is 2. The number of phosphoric acid groups is 1. The first-order chi connectivity index (χ1) is 46.3. The van der Waals surface area contributed by atoms with Gasteiger partial charge in [-0.3, -0.25) is 14.2 Å². The monoisotopic (exact) mass is 1400 g/mol. The van der Waals surface area contributed by atoms with Gasteiger partial charge in [0.15, 0.2) is 6.10 Å². The lowest BCUT2D eigenvalue weighted by molar-refractivity contribution is -0.873. The summed E-state index contributed by atoms with van der Waals surface area (Å²) in [4.78, 5) is 36.9. The normalized spacial score (nSPS) is 13.2. The van der Waals surface area contributed by atoms with Crippen LogP contribution in [0, 0.1) is 0 Å². The van der Waals surface area contributed by atoms with E-state index in [4.69, 9.17) is 28.0 Å². The number of carbonyl (C=O) groups is 2. The fourth-order valence-electron chi connectivity index (χ4n) is 11.5. The molecular formula is C82H160ClN2O10P. The van der Waals surface area contributed by atoms with Crippen LogP contribution in [0.2, 0.25) is 0 Å². The zero-order valence-electron chi connectivity index (χ0n) is 64.4. The topological polar surface area (TPSA) is 157 Å². The third-order valence-electron chi connectivity index (χ3n) is 17.4. The van der Waals surface area contributed by atoms with Crippen LogP contribution in [0.4, 0.5) is 0 Å². The molecule has 0 aliphatic heterocycles. The van der Waals surface area contributed by atoms with Crippen LogP contribution in [0.15, 0.2) is 48.6 Å². The molecule has 0 saturated heterocycles. The van der Waals surface area contributed by atoms with E-state index in [1.165, 1.54) is 263 Å². The summed E-state index contributed by atoms with van der Waals surface area (Å²) in [7, 11) is 2.18. The van der Waals surface area contributed by atoms with E-state index in [0.29, 0.717) is 6.42 Å². The number of quaternary nitrogens is 2. The molecule has 0 rings (SSSR count). The lowest BCUT2D eigenvalue weighted by atomic mass is 10.1. The second-order valence-electron chi connectivity index (χ2n) is 28.5. The van der Waals surface area contributed by atoms with Gasteiger partial charge in [-0.2, -0.15) is 0 Å². The maximum atomic E-state index is 12.5. The number of nitrogens with zero attached hydrogens (tertiary/aromatic N) is 1. The Morgan fingerprint density at radius 1 is 0.375 bits per heavy atom. The second-order valence-corrected chi connectivity index (χ2v) is 29.9. The molecular weight excluding hydrogens is 1240 g/mol. The molecule has 0 aromatic carbocycles. The average Bonchev–Trinajstić information content (AvgIpc) is 1.46. The maximum absolute atomic E-state index is 12.5. The Morgan fingerprint density at radius 3 is 1.01 bits per heavy atom. The summed E-state index contributed by atoms with van der Waals surface area (Å²) in [5, 5.41) is 0. The highest BCUT2D eigenvalue weighted by Gasteiger charge is 2.22. The van der Waals surface area contributed by atoms with Crippen molar-refractivity contribution in [1.82, 2.24) is 0 Å². The third kappa shape index (κ3) is 84.6. The predicted molar refractivity (Wildman–Crippen MR) is 405 cm³/mol. The highest BCUT2D eigenvalue weighted by atomic mass is 35.5. The molecule has 0 aromatic rings. The molecule has 3 unspecified atom stereocenters. The number of hydrogen-bond donors (Lipinski definition) is 1. The van der Waals surface area contributed by atoms with Crippen molar-refractivity contribution in [2.24, 2.45) is 0 Å². The van der Waals surface area contributed by atoms with Crippen LogP contribution >= 0.6 is 7.82 Å². The van der Waals surface area contributed by atoms with Gasteiger partial charge in [0, 0.05) is 26.1 Å². The van der Waals surface area contributed by atoms with Crippen LogP contribution in [-0.2, 0) is 42.1 Å². The number of unbranched alkanes of at least 4 members (excludes halogenated alkanes) is 45. The summed E-state index contributed by atoms with van der Waals surface area (Å²) in [6.45, 7) is 12.0. The zero-order valence-corrected chi connectivity index (χ0v) is 66.0. The Balaban J connectivity index is -0.00000180. The van der Waals surface area contributed by atoms with E-state index in [2.05, 4.69) is 103 Å². The maximum Gasteiger partial charge on any atom is 0.306 e. The molecule has 0 aromatic heterocycles. The molecule has 0 spiro atoms. The Labute approximate surface area is 601 Å². The first-order valence-electron chi connectivity index (χ1n) is 40.7. The molecule has 0 radical (unpaired) electrons. The van der Waals surface area contributed by atoms with Crippen LogP contribution in [0.3, 0.4) is 0 Å². The van der Waals surface area contributed by atoms with Crippen molar-refractivity contribution < 1.29 is 69.7 Å². The van der Waals surface area contributed by atoms with Crippen molar-refractivity contribution in [1.29, 1.82) is 0 Å². The van der Waals surface area contributed by atoms with Crippen LogP contribution in [-0.4, -0.2) is 103 Å². The summed E-state index contributed by atoms with van der Waals surface area (Å²) < 4.78 is 45.8. The standard InChI is InChI=1S/C41H78NO8P.C41H82NO2.ClH/c1-3-5-7-9-11-13-15-17-19-21-23-25-27-29-31-33-40(43)47-37-39(38-49-51(45,46)48-36-35-42)50-41(44)34-32-30-28-26-24-22-20-18-16-14-12-10-8-6-4-2;1-6-8-10-12-14-16-18-20-22-24-25-27-29-31-33-35-37-43-40-41(39-42(3,4)5)44-38-36-34-32-30-28-26-23-21-19-17-15-13-11-9-7-2;/h17-20,39H,3-16,21-38,42H2,1-2H3,(H,45,46);19-22,41H,6-18,23-40H2,1-5H3;1H/q;+1;/p-1/b19-17-,20-18-;21-19-,22-20-;. The molecule has 3 atom stereocenters. The predicted octanol–water partition coefficient (Wildman–Crippen LogP) is 20.0. The summed E-state index contributed by atoms with van der Waals surface area (Å²) in [5.41, 5.74) is 3.55. The molecule has 0 amide bonds. The molecule has 0 aliphatic rings. The van der Waals surface area contributed by atoms with Crippen LogP contribution < -0.4 is 23.0 Å². The molecule has 0 fully saturated rings. The van der Waals surface area contributed by atoms with Gasteiger partial charge in [0.1, 0.15) is 25.9 Å². The van der Waals surface area contributed by atoms with E-state index in [1.54, 1.807) is 0 Å². The number of likely N-dealkylation sites (N-methyl/N-ethyl adjacent to an activating group) is 1. The van der Waals surface area contributed by atoms with E-state index in [0.717, 1.165) is 101 Å². The number of esters is 2. The fourth-order valence-corrected chi connectivity index (χ4v) is 12.3. The van der Waals surface area contributed by atoms with Crippen LogP contribution in [0.25, 0.3) is 0 Å². The van der Waals surface area contributed by atoms with E-state index in [9.17, 15) is 19.0 Å². The van der Waals surface area contributed by atoms with Gasteiger partial charge in [-0.1, -0.05) is 288 Å². The molecule has 3 N–H and O–H groups in total. The molecule has 0 aliphatic carbocycles. The molecule has 0 saturated carbocycles. The van der Waals surface area contributed by atoms with Gasteiger partial charge >= 0.3 is 11.9 Å². The number of ether oxygens (including phenoxy) is 4. The minimum atomic E-state index is -4.58. The largest absolute Gasteiger partial charge is 1.00 e. The van der Waals surface area contributed by atoms with Crippen LogP contribution in [0.1, 0.15) is 381 Å².